The molecule has 0 heterocycles. The van der Waals surface area contributed by atoms with Crippen molar-refractivity contribution >= 4 is 23.2 Å². The lowest BCUT2D eigenvalue weighted by Gasteiger charge is -2.25. The first-order valence-corrected chi connectivity index (χ1v) is 6.92. The molecule has 1 rings (SSSR count). The van der Waals surface area contributed by atoms with Crippen LogP contribution >= 0.6 is 23.2 Å². The molecule has 0 aliphatic rings. The molecule has 5 heteroatoms. The Morgan fingerprint density at radius 1 is 1.16 bits per heavy atom. The molecular formula is C14H21Cl2NO2. The van der Waals surface area contributed by atoms with Gasteiger partial charge in [-0.1, -0.05) is 23.2 Å². The van der Waals surface area contributed by atoms with E-state index in [0.717, 1.165) is 0 Å². The summed E-state index contributed by atoms with van der Waals surface area (Å²) < 4.78 is 11.0. The Labute approximate surface area is 125 Å². The molecule has 0 amide bonds. The van der Waals surface area contributed by atoms with Gasteiger partial charge in [-0.05, 0) is 39.0 Å². The van der Waals surface area contributed by atoms with Crippen molar-refractivity contribution in [2.75, 3.05) is 20.3 Å². The summed E-state index contributed by atoms with van der Waals surface area (Å²) in [5, 5.41) is 4.50. The van der Waals surface area contributed by atoms with Crippen LogP contribution in [0.5, 0.6) is 5.75 Å². The van der Waals surface area contributed by atoms with Crippen molar-refractivity contribution in [1.29, 1.82) is 0 Å². The minimum Gasteiger partial charge on any atom is -0.487 e. The van der Waals surface area contributed by atoms with E-state index in [1.165, 1.54) is 0 Å². The van der Waals surface area contributed by atoms with Gasteiger partial charge in [0.1, 0.15) is 11.9 Å². The van der Waals surface area contributed by atoms with Gasteiger partial charge >= 0.3 is 0 Å². The van der Waals surface area contributed by atoms with Crippen LogP contribution in [0.25, 0.3) is 0 Å². The zero-order valence-electron chi connectivity index (χ0n) is 11.8. The Morgan fingerprint density at radius 3 is 2.21 bits per heavy atom. The standard InChI is InChI=1S/C14H21Cl2NO2/c1-14(2,3)17-8-13(9-18-4)19-12-6-10(15)5-11(16)7-12/h5-7,13,17H,8-9H2,1-4H3. The van der Waals surface area contributed by atoms with Crippen molar-refractivity contribution in [3.05, 3.63) is 28.2 Å². The molecule has 1 aromatic rings. The minimum atomic E-state index is -0.0984. The highest BCUT2D eigenvalue weighted by molar-refractivity contribution is 6.34. The minimum absolute atomic E-state index is 0.0291. The van der Waals surface area contributed by atoms with E-state index >= 15 is 0 Å². The van der Waals surface area contributed by atoms with Crippen molar-refractivity contribution in [3.63, 3.8) is 0 Å². The summed E-state index contributed by atoms with van der Waals surface area (Å²) in [5.41, 5.74) is 0.0291. The lowest BCUT2D eigenvalue weighted by molar-refractivity contribution is 0.0765. The smallest absolute Gasteiger partial charge is 0.134 e. The Balaban J connectivity index is 2.66. The molecule has 1 atom stereocenters. The van der Waals surface area contributed by atoms with E-state index in [0.29, 0.717) is 28.9 Å². The molecule has 1 aromatic carbocycles. The van der Waals surface area contributed by atoms with Crippen molar-refractivity contribution < 1.29 is 9.47 Å². The van der Waals surface area contributed by atoms with Gasteiger partial charge in [0.15, 0.2) is 0 Å². The van der Waals surface area contributed by atoms with Gasteiger partial charge in [-0.3, -0.25) is 0 Å². The zero-order chi connectivity index (χ0) is 14.5. The topological polar surface area (TPSA) is 30.5 Å². The number of rotatable bonds is 6. The maximum Gasteiger partial charge on any atom is 0.134 e. The van der Waals surface area contributed by atoms with E-state index in [1.54, 1.807) is 25.3 Å². The molecule has 3 nitrogen and oxygen atoms in total. The fraction of sp³-hybridized carbons (Fsp3) is 0.571. The van der Waals surface area contributed by atoms with Crippen LogP contribution in [-0.4, -0.2) is 31.9 Å². The van der Waals surface area contributed by atoms with Gasteiger partial charge in [0.2, 0.25) is 0 Å². The number of hydrogen-bond acceptors (Lipinski definition) is 3. The molecule has 19 heavy (non-hydrogen) atoms. The first kappa shape index (κ1) is 16.6. The summed E-state index contributed by atoms with van der Waals surface area (Å²) in [6.07, 6.45) is -0.0984. The average Bonchev–Trinajstić information content (AvgIpc) is 2.23. The molecule has 0 spiro atoms. The summed E-state index contributed by atoms with van der Waals surface area (Å²) in [4.78, 5) is 0. The van der Waals surface area contributed by atoms with Gasteiger partial charge in [0, 0.05) is 29.2 Å². The summed E-state index contributed by atoms with van der Waals surface area (Å²) in [5.74, 6) is 0.648. The fourth-order valence-electron chi connectivity index (χ4n) is 1.53. The van der Waals surface area contributed by atoms with Crippen LogP contribution in [0.15, 0.2) is 18.2 Å². The molecule has 0 saturated heterocycles. The van der Waals surface area contributed by atoms with Crippen molar-refractivity contribution in [2.24, 2.45) is 0 Å². The highest BCUT2D eigenvalue weighted by Gasteiger charge is 2.16. The van der Waals surface area contributed by atoms with E-state index in [4.69, 9.17) is 32.7 Å². The van der Waals surface area contributed by atoms with Crippen LogP contribution in [0, 0.1) is 0 Å². The predicted octanol–water partition coefficient (Wildman–Crippen LogP) is 3.78. The average molecular weight is 306 g/mol. The normalized spacial score (nSPS) is 13.4. The molecule has 0 aliphatic carbocycles. The molecule has 1 unspecified atom stereocenters. The second-order valence-corrected chi connectivity index (χ2v) is 6.30. The lowest BCUT2D eigenvalue weighted by atomic mass is 10.1. The van der Waals surface area contributed by atoms with E-state index < -0.39 is 0 Å². The van der Waals surface area contributed by atoms with Crippen LogP contribution < -0.4 is 10.1 Å². The van der Waals surface area contributed by atoms with Crippen molar-refractivity contribution in [3.8, 4) is 5.75 Å². The quantitative estimate of drug-likeness (QED) is 0.867. The summed E-state index contributed by atoms with van der Waals surface area (Å²) in [6.45, 7) is 7.49. The third-order valence-electron chi connectivity index (χ3n) is 2.35. The second-order valence-electron chi connectivity index (χ2n) is 5.43. The first-order valence-electron chi connectivity index (χ1n) is 6.17. The van der Waals surface area contributed by atoms with E-state index in [2.05, 4.69) is 26.1 Å². The lowest BCUT2D eigenvalue weighted by Crippen LogP contribution is -2.44. The van der Waals surface area contributed by atoms with Crippen LogP contribution in [-0.2, 0) is 4.74 Å². The third-order valence-corrected chi connectivity index (χ3v) is 2.79. The number of methoxy groups -OCH3 is 1. The summed E-state index contributed by atoms with van der Waals surface area (Å²) >= 11 is 11.9. The molecule has 0 bridgehead atoms. The molecule has 0 saturated carbocycles. The monoisotopic (exact) mass is 305 g/mol. The van der Waals surface area contributed by atoms with Gasteiger partial charge in [0.05, 0.1) is 6.61 Å². The maximum atomic E-state index is 5.95. The van der Waals surface area contributed by atoms with Gasteiger partial charge in [-0.25, -0.2) is 0 Å². The molecule has 1 N–H and O–H groups in total. The van der Waals surface area contributed by atoms with Crippen LogP contribution in [0.3, 0.4) is 0 Å². The summed E-state index contributed by atoms with van der Waals surface area (Å²) in [6, 6.07) is 5.16. The van der Waals surface area contributed by atoms with Crippen LogP contribution in [0.1, 0.15) is 20.8 Å². The second kappa shape index (κ2) is 7.34. The van der Waals surface area contributed by atoms with Crippen molar-refractivity contribution in [2.45, 2.75) is 32.4 Å². The van der Waals surface area contributed by atoms with E-state index in [1.807, 2.05) is 0 Å². The van der Waals surface area contributed by atoms with Gasteiger partial charge in [-0.2, -0.15) is 0 Å². The Bertz CT molecular complexity index is 385. The van der Waals surface area contributed by atoms with Gasteiger partial charge in [0.25, 0.3) is 0 Å². The highest BCUT2D eigenvalue weighted by Crippen LogP contribution is 2.25. The Morgan fingerprint density at radius 2 is 1.74 bits per heavy atom. The Kier molecular flexibility index (Phi) is 6.40. The Hall–Kier alpha value is -0.480. The van der Waals surface area contributed by atoms with E-state index in [-0.39, 0.29) is 11.6 Å². The number of benzene rings is 1. The number of halogens is 2. The number of nitrogens with one attached hydrogen (secondary N) is 1. The zero-order valence-corrected chi connectivity index (χ0v) is 13.3. The largest absolute Gasteiger partial charge is 0.487 e. The molecule has 0 radical (unpaired) electrons. The van der Waals surface area contributed by atoms with Gasteiger partial charge in [-0.15, -0.1) is 0 Å². The van der Waals surface area contributed by atoms with Crippen LogP contribution in [0.2, 0.25) is 10.0 Å². The van der Waals surface area contributed by atoms with Crippen molar-refractivity contribution in [1.82, 2.24) is 5.32 Å². The molecule has 0 aromatic heterocycles. The van der Waals surface area contributed by atoms with E-state index in [9.17, 15) is 0 Å². The SMILES string of the molecule is COCC(CNC(C)(C)C)Oc1cc(Cl)cc(Cl)c1. The van der Waals surface area contributed by atoms with Gasteiger partial charge < -0.3 is 14.8 Å². The van der Waals surface area contributed by atoms with Crippen LogP contribution in [0.4, 0.5) is 0 Å². The highest BCUT2D eigenvalue weighted by atomic mass is 35.5. The number of ether oxygens (including phenoxy) is 2. The third kappa shape index (κ3) is 7.02. The molecule has 0 aliphatic heterocycles. The molecule has 108 valence electrons. The predicted molar refractivity (Wildman–Crippen MR) is 80.5 cm³/mol. The summed E-state index contributed by atoms with van der Waals surface area (Å²) in [7, 11) is 1.65. The molecule has 0 fully saturated rings. The maximum absolute atomic E-state index is 5.95. The molecular weight excluding hydrogens is 285 g/mol. The number of hydrogen-bond donors (Lipinski definition) is 1. The first-order chi connectivity index (χ1) is 8.80. The fourth-order valence-corrected chi connectivity index (χ4v) is 2.04.